The molecule has 8 heteroatoms. The third-order valence-electron chi connectivity index (χ3n) is 4.57. The predicted molar refractivity (Wildman–Crippen MR) is 105 cm³/mol. The van der Waals surface area contributed by atoms with Crippen molar-refractivity contribution in [1.29, 1.82) is 0 Å². The number of pyridine rings is 1. The number of benzene rings is 2. The molecule has 1 amide bonds. The van der Waals surface area contributed by atoms with Crippen LogP contribution in [-0.2, 0) is 6.18 Å². The summed E-state index contributed by atoms with van der Waals surface area (Å²) in [7, 11) is 0. The highest BCUT2D eigenvalue weighted by molar-refractivity contribution is 6.04. The molecule has 0 unspecified atom stereocenters. The highest BCUT2D eigenvalue weighted by Gasteiger charge is 2.34. The molecule has 0 radical (unpaired) electrons. The summed E-state index contributed by atoms with van der Waals surface area (Å²) in [6.45, 7) is 1.98. The number of nitrogens with zero attached hydrogens (tertiary/aromatic N) is 2. The number of hydrogen-bond donors (Lipinski definition) is 1. The maximum atomic E-state index is 13.4. The zero-order chi connectivity index (χ0) is 21.5. The fourth-order valence-corrected chi connectivity index (χ4v) is 3.05. The van der Waals surface area contributed by atoms with Crippen LogP contribution in [0.15, 0.2) is 67.0 Å². The molecule has 0 saturated heterocycles. The van der Waals surface area contributed by atoms with Crippen LogP contribution in [0.2, 0.25) is 0 Å². The summed E-state index contributed by atoms with van der Waals surface area (Å²) in [6, 6.07) is 12.7. The average molecular weight is 413 g/mol. The number of aromatic nitrogens is 2. The second-order valence-electron chi connectivity index (χ2n) is 6.82. The summed E-state index contributed by atoms with van der Waals surface area (Å²) >= 11 is 0. The zero-order valence-corrected chi connectivity index (χ0v) is 15.7. The molecule has 30 heavy (non-hydrogen) atoms. The Hall–Kier alpha value is -3.68. The van der Waals surface area contributed by atoms with Crippen molar-refractivity contribution >= 4 is 17.2 Å². The fraction of sp³-hybridized carbons (Fsp3) is 0.0909. The molecule has 1 N–H and O–H groups in total. The van der Waals surface area contributed by atoms with E-state index in [4.69, 9.17) is 0 Å². The van der Waals surface area contributed by atoms with Crippen molar-refractivity contribution in [2.24, 2.45) is 0 Å². The van der Waals surface area contributed by atoms with Crippen LogP contribution in [0.25, 0.3) is 16.9 Å². The van der Waals surface area contributed by atoms with Crippen LogP contribution in [0.3, 0.4) is 0 Å². The molecule has 0 spiro atoms. The average Bonchev–Trinajstić information content (AvgIpc) is 3.11. The summed E-state index contributed by atoms with van der Waals surface area (Å²) in [6.07, 6.45) is -1.04. The minimum atomic E-state index is -4.88. The Bertz CT molecular complexity index is 1240. The highest BCUT2D eigenvalue weighted by atomic mass is 19.4. The van der Waals surface area contributed by atoms with Gasteiger partial charge in [0.2, 0.25) is 0 Å². The van der Waals surface area contributed by atoms with E-state index < -0.39 is 23.5 Å². The molecule has 4 aromatic rings. The van der Waals surface area contributed by atoms with Gasteiger partial charge in [0.05, 0.1) is 11.3 Å². The lowest BCUT2D eigenvalue weighted by Gasteiger charge is -2.10. The van der Waals surface area contributed by atoms with Crippen LogP contribution in [0.4, 0.5) is 23.2 Å². The quantitative estimate of drug-likeness (QED) is 0.437. The van der Waals surface area contributed by atoms with Crippen molar-refractivity contribution in [1.82, 2.24) is 9.38 Å². The molecule has 4 nitrogen and oxygen atoms in total. The smallest absolute Gasteiger partial charge is 0.322 e. The van der Waals surface area contributed by atoms with E-state index in [9.17, 15) is 22.4 Å². The van der Waals surface area contributed by atoms with Crippen LogP contribution in [-0.4, -0.2) is 15.3 Å². The Morgan fingerprint density at radius 3 is 2.43 bits per heavy atom. The Morgan fingerprint density at radius 2 is 1.73 bits per heavy atom. The lowest BCUT2D eigenvalue weighted by Crippen LogP contribution is -2.15. The van der Waals surface area contributed by atoms with Gasteiger partial charge in [-0.25, -0.2) is 9.37 Å². The number of carbonyl (C=O) groups excluding carboxylic acids is 1. The summed E-state index contributed by atoms with van der Waals surface area (Å²) in [5.74, 6) is -2.19. The van der Waals surface area contributed by atoms with E-state index in [-0.39, 0.29) is 5.56 Å². The molecule has 0 aliphatic rings. The summed E-state index contributed by atoms with van der Waals surface area (Å²) in [4.78, 5) is 16.8. The van der Waals surface area contributed by atoms with E-state index in [1.54, 1.807) is 24.3 Å². The molecule has 0 atom stereocenters. The van der Waals surface area contributed by atoms with E-state index >= 15 is 0 Å². The summed E-state index contributed by atoms with van der Waals surface area (Å²) in [5.41, 5.74) is 2.07. The number of hydrogen-bond acceptors (Lipinski definition) is 2. The van der Waals surface area contributed by atoms with Gasteiger partial charge in [-0.3, -0.25) is 4.79 Å². The number of nitrogens with one attached hydrogen (secondary N) is 1. The molecule has 4 rings (SSSR count). The maximum absolute atomic E-state index is 13.4. The predicted octanol–water partition coefficient (Wildman–Crippen LogP) is 5.72. The topological polar surface area (TPSA) is 46.4 Å². The van der Waals surface area contributed by atoms with E-state index in [2.05, 4.69) is 10.3 Å². The van der Waals surface area contributed by atoms with E-state index in [1.165, 1.54) is 0 Å². The monoisotopic (exact) mass is 413 g/mol. The second-order valence-corrected chi connectivity index (χ2v) is 6.82. The SMILES string of the molecule is Cc1ccc2nc(-c3ccc(NC(=O)c4ccc(F)c(C(F)(F)F)c4)cc3)cn2c1. The van der Waals surface area contributed by atoms with Crippen molar-refractivity contribution in [3.8, 4) is 11.3 Å². The van der Waals surface area contributed by atoms with Gasteiger partial charge >= 0.3 is 6.18 Å². The number of alkyl halides is 3. The van der Waals surface area contributed by atoms with Gasteiger partial charge in [0.15, 0.2) is 0 Å². The molecule has 0 bridgehead atoms. The molecular weight excluding hydrogens is 398 g/mol. The molecule has 2 aromatic carbocycles. The van der Waals surface area contributed by atoms with Gasteiger partial charge in [-0.1, -0.05) is 18.2 Å². The van der Waals surface area contributed by atoms with Gasteiger partial charge in [-0.05, 0) is 48.9 Å². The molecule has 2 aromatic heterocycles. The number of halogens is 4. The summed E-state index contributed by atoms with van der Waals surface area (Å²) in [5, 5.41) is 2.51. The Labute approximate surface area is 168 Å². The van der Waals surface area contributed by atoms with Gasteiger partial charge < -0.3 is 9.72 Å². The fourth-order valence-electron chi connectivity index (χ4n) is 3.05. The minimum Gasteiger partial charge on any atom is -0.322 e. The Kier molecular flexibility index (Phi) is 4.77. The van der Waals surface area contributed by atoms with E-state index in [0.29, 0.717) is 17.8 Å². The molecular formula is C22H15F4N3O. The lowest BCUT2D eigenvalue weighted by molar-refractivity contribution is -0.140. The van der Waals surface area contributed by atoms with Gasteiger partial charge in [0.1, 0.15) is 11.5 Å². The van der Waals surface area contributed by atoms with Crippen molar-refractivity contribution in [3.63, 3.8) is 0 Å². The van der Waals surface area contributed by atoms with E-state index in [0.717, 1.165) is 28.5 Å². The van der Waals surface area contributed by atoms with Crippen LogP contribution >= 0.6 is 0 Å². The number of fused-ring (bicyclic) bond motifs is 1. The lowest BCUT2D eigenvalue weighted by atomic mass is 10.1. The number of aryl methyl sites for hydroxylation is 1. The van der Waals surface area contributed by atoms with E-state index in [1.807, 2.05) is 35.9 Å². The van der Waals surface area contributed by atoms with Gasteiger partial charge in [0, 0.05) is 29.2 Å². The molecule has 2 heterocycles. The van der Waals surface area contributed by atoms with Gasteiger partial charge in [-0.15, -0.1) is 0 Å². The van der Waals surface area contributed by atoms with Crippen molar-refractivity contribution in [3.05, 3.63) is 89.5 Å². The van der Waals surface area contributed by atoms with Crippen LogP contribution < -0.4 is 5.32 Å². The molecule has 0 aliphatic heterocycles. The third-order valence-corrected chi connectivity index (χ3v) is 4.57. The number of imidazole rings is 1. The van der Waals surface area contributed by atoms with Crippen LogP contribution in [0.1, 0.15) is 21.5 Å². The largest absolute Gasteiger partial charge is 0.419 e. The van der Waals surface area contributed by atoms with Crippen molar-refractivity contribution in [2.75, 3.05) is 5.32 Å². The third kappa shape index (κ3) is 3.89. The first-order chi connectivity index (χ1) is 14.2. The van der Waals surface area contributed by atoms with Crippen molar-refractivity contribution in [2.45, 2.75) is 13.1 Å². The first-order valence-corrected chi connectivity index (χ1v) is 8.94. The second kappa shape index (κ2) is 7.29. The number of anilines is 1. The van der Waals surface area contributed by atoms with Crippen LogP contribution in [0.5, 0.6) is 0 Å². The minimum absolute atomic E-state index is 0.288. The Balaban J connectivity index is 1.54. The van der Waals surface area contributed by atoms with Gasteiger partial charge in [0.25, 0.3) is 5.91 Å². The summed E-state index contributed by atoms with van der Waals surface area (Å²) < 4.78 is 53.8. The number of rotatable bonds is 3. The normalized spacial score (nSPS) is 11.6. The molecule has 0 fully saturated rings. The molecule has 0 saturated carbocycles. The first-order valence-electron chi connectivity index (χ1n) is 8.94. The first kappa shape index (κ1) is 19.6. The van der Waals surface area contributed by atoms with Crippen molar-refractivity contribution < 1.29 is 22.4 Å². The molecule has 152 valence electrons. The molecule has 0 aliphatic carbocycles. The van der Waals surface area contributed by atoms with Gasteiger partial charge in [-0.2, -0.15) is 13.2 Å². The number of amides is 1. The highest BCUT2D eigenvalue weighted by Crippen LogP contribution is 2.32. The van der Waals surface area contributed by atoms with Crippen LogP contribution in [0, 0.1) is 12.7 Å². The zero-order valence-electron chi connectivity index (χ0n) is 15.7. The number of carbonyl (C=O) groups is 1. The standard InChI is InChI=1S/C22H15F4N3O/c1-13-2-9-20-28-19(12-29(20)11-13)14-3-6-16(7-4-14)27-21(30)15-5-8-18(23)17(10-15)22(24,25)26/h2-12H,1H3,(H,27,30). The Morgan fingerprint density at radius 1 is 1.00 bits per heavy atom. The maximum Gasteiger partial charge on any atom is 0.419 e.